The summed E-state index contributed by atoms with van der Waals surface area (Å²) in [6, 6.07) is 0. The van der Waals surface area contributed by atoms with Gasteiger partial charge in [0.25, 0.3) is 0 Å². The molecule has 0 N–H and O–H groups in total. The van der Waals surface area contributed by atoms with Gasteiger partial charge in [0.05, 0.1) is 25.9 Å². The molecule has 64 valence electrons. The average Bonchev–Trinajstić information content (AvgIpc) is 2.78. The van der Waals surface area contributed by atoms with Crippen molar-refractivity contribution in [1.82, 2.24) is 0 Å². The number of epoxide rings is 1. The Kier molecular flexibility index (Phi) is 2.11. The molecule has 0 amide bonds. The van der Waals surface area contributed by atoms with Gasteiger partial charge in [0.1, 0.15) is 0 Å². The minimum atomic E-state index is 0.550. The first-order valence-corrected chi connectivity index (χ1v) is 4.21. The summed E-state index contributed by atoms with van der Waals surface area (Å²) in [4.78, 5) is 9.44. The molecule has 1 saturated heterocycles. The third kappa shape index (κ3) is 1.72. The lowest BCUT2D eigenvalue weighted by Gasteiger charge is -2.16. The summed E-state index contributed by atoms with van der Waals surface area (Å²) >= 11 is 0. The number of hydrogen-bond donors (Lipinski definition) is 0. The Morgan fingerprint density at radius 3 is 3.00 bits per heavy atom. The van der Waals surface area contributed by atoms with Crippen molar-refractivity contribution in [3.63, 3.8) is 0 Å². The fourth-order valence-corrected chi connectivity index (χ4v) is 1.80. The summed E-state index contributed by atoms with van der Waals surface area (Å²) in [5.74, 6) is 0.652. The topological polar surface area (TPSA) is 31.0 Å². The number of fused-ring (bicyclic) bond motifs is 1. The highest BCUT2D eigenvalue weighted by molar-refractivity contribution is 4.91. The van der Waals surface area contributed by atoms with E-state index in [9.17, 15) is 0 Å². The van der Waals surface area contributed by atoms with Gasteiger partial charge in [-0.05, 0) is 25.2 Å². The molecule has 1 aliphatic heterocycles. The van der Waals surface area contributed by atoms with Crippen LogP contribution in [0.4, 0.5) is 0 Å². The molecule has 1 heterocycles. The summed E-state index contributed by atoms with van der Waals surface area (Å²) in [6.07, 6.45) is 4.74. The van der Waals surface area contributed by atoms with Crippen LogP contribution >= 0.6 is 0 Å². The Morgan fingerprint density at radius 2 is 2.27 bits per heavy atom. The van der Waals surface area contributed by atoms with Crippen LogP contribution in [0.5, 0.6) is 0 Å². The van der Waals surface area contributed by atoms with E-state index in [1.165, 1.54) is 12.8 Å². The summed E-state index contributed by atoms with van der Waals surface area (Å²) in [5, 5.41) is 0. The predicted octanol–water partition coefficient (Wildman–Crippen LogP) is 1.13. The predicted molar refractivity (Wildman–Crippen MR) is 39.0 cm³/mol. The molecule has 0 radical (unpaired) electrons. The van der Waals surface area contributed by atoms with Crippen LogP contribution in [0.1, 0.15) is 19.3 Å². The molecule has 2 fully saturated rings. The molecule has 3 atom stereocenters. The van der Waals surface area contributed by atoms with Crippen LogP contribution in [0.25, 0.3) is 0 Å². The molecule has 2 rings (SSSR count). The van der Waals surface area contributed by atoms with Gasteiger partial charge in [-0.3, -0.25) is 0 Å². The van der Waals surface area contributed by atoms with Crippen LogP contribution in [0.3, 0.4) is 0 Å². The number of ether oxygens (including phenoxy) is 1. The van der Waals surface area contributed by atoms with Gasteiger partial charge in [-0.2, -0.15) is 0 Å². The largest absolute Gasteiger partial charge is 0.370 e. The first-order valence-electron chi connectivity index (χ1n) is 4.21. The Balaban J connectivity index is 1.68. The Hall–Kier alpha value is -0.120. The maximum Gasteiger partial charge on any atom is 0.0851 e. The highest BCUT2D eigenvalue weighted by atomic mass is 17.2. The van der Waals surface area contributed by atoms with Gasteiger partial charge in [0, 0.05) is 0 Å². The van der Waals surface area contributed by atoms with Crippen molar-refractivity contribution in [2.24, 2.45) is 5.92 Å². The van der Waals surface area contributed by atoms with Gasteiger partial charge in [-0.25, -0.2) is 9.78 Å². The Labute approximate surface area is 66.6 Å². The van der Waals surface area contributed by atoms with E-state index < -0.39 is 0 Å². The zero-order valence-corrected chi connectivity index (χ0v) is 6.79. The van der Waals surface area contributed by atoms with Crippen molar-refractivity contribution in [1.29, 1.82) is 0 Å². The molecule has 0 spiro atoms. The van der Waals surface area contributed by atoms with Crippen molar-refractivity contribution >= 4 is 0 Å². The average molecular weight is 158 g/mol. The SMILES string of the molecule is COOC[C@@H]1CC[C@@H]2O[C@@H]2C1. The molecule has 2 aliphatic rings. The van der Waals surface area contributed by atoms with Crippen LogP contribution in [0, 0.1) is 5.92 Å². The third-order valence-electron chi connectivity index (χ3n) is 2.53. The second-order valence-electron chi connectivity index (χ2n) is 3.34. The lowest BCUT2D eigenvalue weighted by Crippen LogP contribution is -2.18. The van der Waals surface area contributed by atoms with Gasteiger partial charge in [0.15, 0.2) is 0 Å². The third-order valence-corrected chi connectivity index (χ3v) is 2.53. The minimum Gasteiger partial charge on any atom is -0.370 e. The molecule has 11 heavy (non-hydrogen) atoms. The van der Waals surface area contributed by atoms with Gasteiger partial charge in [-0.1, -0.05) is 0 Å². The monoisotopic (exact) mass is 158 g/mol. The van der Waals surface area contributed by atoms with E-state index in [0.29, 0.717) is 18.1 Å². The molecular weight excluding hydrogens is 144 g/mol. The molecule has 0 bridgehead atoms. The standard InChI is InChI=1S/C8H14O3/c1-9-10-5-6-2-3-7-8(4-6)11-7/h6-8H,2-5H2,1H3/t6-,7+,8-/m1/s1. The first-order chi connectivity index (χ1) is 5.40. The quantitative estimate of drug-likeness (QED) is 0.350. The zero-order chi connectivity index (χ0) is 7.68. The molecule has 0 aromatic heterocycles. The van der Waals surface area contributed by atoms with Gasteiger partial charge in [-0.15, -0.1) is 0 Å². The smallest absolute Gasteiger partial charge is 0.0851 e. The van der Waals surface area contributed by atoms with Crippen molar-refractivity contribution < 1.29 is 14.5 Å². The minimum absolute atomic E-state index is 0.550. The molecule has 1 saturated carbocycles. The van der Waals surface area contributed by atoms with Crippen LogP contribution < -0.4 is 0 Å². The molecular formula is C8H14O3. The molecule has 3 heteroatoms. The summed E-state index contributed by atoms with van der Waals surface area (Å²) in [6.45, 7) is 0.725. The van der Waals surface area contributed by atoms with E-state index in [1.54, 1.807) is 7.11 Å². The van der Waals surface area contributed by atoms with E-state index in [-0.39, 0.29) is 0 Å². The van der Waals surface area contributed by atoms with E-state index in [4.69, 9.17) is 9.62 Å². The van der Waals surface area contributed by atoms with Crippen molar-refractivity contribution in [3.8, 4) is 0 Å². The fourth-order valence-electron chi connectivity index (χ4n) is 1.80. The zero-order valence-electron chi connectivity index (χ0n) is 6.79. The van der Waals surface area contributed by atoms with E-state index in [0.717, 1.165) is 13.0 Å². The molecule has 1 aliphatic carbocycles. The lowest BCUT2D eigenvalue weighted by atomic mass is 9.90. The van der Waals surface area contributed by atoms with Crippen LogP contribution in [-0.4, -0.2) is 25.9 Å². The fraction of sp³-hybridized carbons (Fsp3) is 1.00. The first kappa shape index (κ1) is 7.53. The van der Waals surface area contributed by atoms with Gasteiger partial charge >= 0.3 is 0 Å². The molecule has 0 aromatic carbocycles. The van der Waals surface area contributed by atoms with E-state index in [2.05, 4.69) is 4.89 Å². The number of hydrogen-bond acceptors (Lipinski definition) is 3. The molecule has 0 unspecified atom stereocenters. The Bertz CT molecular complexity index is 137. The summed E-state index contributed by atoms with van der Waals surface area (Å²) in [7, 11) is 1.55. The highest BCUT2D eigenvalue weighted by Gasteiger charge is 2.43. The van der Waals surface area contributed by atoms with Crippen molar-refractivity contribution in [3.05, 3.63) is 0 Å². The van der Waals surface area contributed by atoms with Crippen molar-refractivity contribution in [2.75, 3.05) is 13.7 Å². The van der Waals surface area contributed by atoms with E-state index in [1.807, 2.05) is 0 Å². The van der Waals surface area contributed by atoms with Gasteiger partial charge < -0.3 is 4.74 Å². The molecule has 0 aromatic rings. The lowest BCUT2D eigenvalue weighted by molar-refractivity contribution is -0.280. The van der Waals surface area contributed by atoms with Crippen molar-refractivity contribution in [2.45, 2.75) is 31.5 Å². The normalized spacial score (nSPS) is 41.7. The van der Waals surface area contributed by atoms with Crippen LogP contribution in [0.2, 0.25) is 0 Å². The summed E-state index contributed by atoms with van der Waals surface area (Å²) < 4.78 is 5.39. The highest BCUT2D eigenvalue weighted by Crippen LogP contribution is 2.39. The second-order valence-corrected chi connectivity index (χ2v) is 3.34. The maximum atomic E-state index is 5.39. The Morgan fingerprint density at radius 1 is 1.36 bits per heavy atom. The van der Waals surface area contributed by atoms with E-state index >= 15 is 0 Å². The van der Waals surface area contributed by atoms with Gasteiger partial charge in [0.2, 0.25) is 0 Å². The second kappa shape index (κ2) is 3.09. The summed E-state index contributed by atoms with van der Waals surface area (Å²) in [5.41, 5.74) is 0. The van der Waals surface area contributed by atoms with Crippen LogP contribution in [0.15, 0.2) is 0 Å². The van der Waals surface area contributed by atoms with Crippen LogP contribution in [-0.2, 0) is 14.5 Å². The number of rotatable bonds is 3. The molecule has 3 nitrogen and oxygen atoms in total. The maximum absolute atomic E-state index is 5.39.